The lowest BCUT2D eigenvalue weighted by Gasteiger charge is -2.08. The quantitative estimate of drug-likeness (QED) is 0.646. The molecule has 1 amide bonds. The molecule has 1 unspecified atom stereocenters. The van der Waals surface area contributed by atoms with Crippen molar-refractivity contribution in [1.82, 2.24) is 25.5 Å². The van der Waals surface area contributed by atoms with Gasteiger partial charge in [0.15, 0.2) is 0 Å². The summed E-state index contributed by atoms with van der Waals surface area (Å²) in [6.07, 6.45) is 0.325. The van der Waals surface area contributed by atoms with Crippen molar-refractivity contribution in [2.24, 2.45) is 0 Å². The summed E-state index contributed by atoms with van der Waals surface area (Å²) in [4.78, 5) is 21.4. The minimum atomic E-state index is -0.930. The summed E-state index contributed by atoms with van der Waals surface area (Å²) in [5.41, 5.74) is 0. The van der Waals surface area contributed by atoms with E-state index in [-0.39, 0.29) is 17.7 Å². The highest BCUT2D eigenvalue weighted by Crippen LogP contribution is 2.21. The van der Waals surface area contributed by atoms with Gasteiger partial charge < -0.3 is 10.4 Å². The monoisotopic (exact) mass is 243 g/mol. The molecule has 8 nitrogen and oxygen atoms in total. The van der Waals surface area contributed by atoms with Crippen LogP contribution in [0.2, 0.25) is 0 Å². The average Bonchev–Trinajstić information content (AvgIpc) is 2.82. The Hall–Kier alpha value is -1.64. The fourth-order valence-corrected chi connectivity index (χ4v) is 2.06. The molecule has 0 aliphatic carbocycles. The van der Waals surface area contributed by atoms with E-state index in [1.54, 1.807) is 0 Å². The van der Waals surface area contributed by atoms with Gasteiger partial charge in [0.05, 0.1) is 18.2 Å². The normalized spacial score (nSPS) is 19.8. The molecule has 1 atom stereocenters. The van der Waals surface area contributed by atoms with Crippen LogP contribution in [0, 0.1) is 0 Å². The Balaban J connectivity index is 2.06. The molecule has 0 bridgehead atoms. The van der Waals surface area contributed by atoms with Crippen LogP contribution in [-0.4, -0.2) is 49.5 Å². The van der Waals surface area contributed by atoms with Gasteiger partial charge in [0.1, 0.15) is 0 Å². The van der Waals surface area contributed by atoms with Crippen molar-refractivity contribution >= 4 is 23.6 Å². The molecule has 0 radical (unpaired) electrons. The van der Waals surface area contributed by atoms with Gasteiger partial charge in [-0.05, 0) is 10.4 Å². The van der Waals surface area contributed by atoms with Crippen molar-refractivity contribution in [3.05, 3.63) is 0 Å². The third-order valence-corrected chi connectivity index (χ3v) is 3.01. The van der Waals surface area contributed by atoms with Gasteiger partial charge in [-0.25, -0.2) is 4.68 Å². The van der Waals surface area contributed by atoms with Crippen molar-refractivity contribution in [2.75, 3.05) is 12.3 Å². The third kappa shape index (κ3) is 2.30. The van der Waals surface area contributed by atoms with Crippen LogP contribution < -0.4 is 5.32 Å². The molecule has 1 fully saturated rings. The molecule has 1 aromatic heterocycles. The van der Waals surface area contributed by atoms with Crippen LogP contribution in [0.15, 0.2) is 5.16 Å². The number of hydrogen-bond acceptors (Lipinski definition) is 6. The van der Waals surface area contributed by atoms with Crippen molar-refractivity contribution < 1.29 is 14.7 Å². The van der Waals surface area contributed by atoms with Gasteiger partial charge >= 0.3 is 5.97 Å². The standard InChI is InChI=1S/C7H9N5O3S/c13-5-1-4(2-8-5)12-7(9-10-11-12)16-3-6(14)15/h4H,1-3H2,(H,8,13)(H,14,15). The number of carbonyl (C=O) groups is 2. The van der Waals surface area contributed by atoms with E-state index in [2.05, 4.69) is 20.8 Å². The van der Waals surface area contributed by atoms with Gasteiger partial charge in [-0.2, -0.15) is 0 Å². The topological polar surface area (TPSA) is 110 Å². The van der Waals surface area contributed by atoms with Gasteiger partial charge in [-0.15, -0.1) is 5.10 Å². The number of rotatable bonds is 4. The first kappa shape index (κ1) is 10.9. The Morgan fingerprint density at radius 3 is 3.12 bits per heavy atom. The summed E-state index contributed by atoms with van der Waals surface area (Å²) < 4.78 is 1.49. The van der Waals surface area contributed by atoms with Crippen LogP contribution in [-0.2, 0) is 9.59 Å². The number of amides is 1. The Morgan fingerprint density at radius 2 is 2.50 bits per heavy atom. The number of carbonyl (C=O) groups excluding carboxylic acids is 1. The summed E-state index contributed by atoms with van der Waals surface area (Å²) in [7, 11) is 0. The maximum atomic E-state index is 11.0. The minimum Gasteiger partial charge on any atom is -0.481 e. The predicted octanol–water partition coefficient (Wildman–Crippen LogP) is -1.09. The summed E-state index contributed by atoms with van der Waals surface area (Å²) in [5, 5.41) is 22.6. The molecule has 1 aliphatic heterocycles. The van der Waals surface area contributed by atoms with E-state index in [1.165, 1.54) is 4.68 Å². The van der Waals surface area contributed by atoms with E-state index < -0.39 is 5.97 Å². The second-order valence-corrected chi connectivity index (χ2v) is 4.19. The van der Waals surface area contributed by atoms with E-state index in [0.717, 1.165) is 11.8 Å². The molecule has 1 aliphatic rings. The van der Waals surface area contributed by atoms with Crippen molar-refractivity contribution in [3.63, 3.8) is 0 Å². The first-order valence-corrected chi connectivity index (χ1v) is 5.54. The Labute approximate surface area is 94.4 Å². The first-order valence-electron chi connectivity index (χ1n) is 4.56. The fourth-order valence-electron chi connectivity index (χ4n) is 1.40. The van der Waals surface area contributed by atoms with Crippen LogP contribution in [0.4, 0.5) is 0 Å². The summed E-state index contributed by atoms with van der Waals surface area (Å²) >= 11 is 1.04. The maximum absolute atomic E-state index is 11.0. The second-order valence-electron chi connectivity index (χ2n) is 3.25. The molecule has 9 heteroatoms. The smallest absolute Gasteiger partial charge is 0.313 e. The Bertz CT molecular complexity index is 420. The number of nitrogens with zero attached hydrogens (tertiary/aromatic N) is 4. The summed E-state index contributed by atoms with van der Waals surface area (Å²) in [6, 6.07) is -0.126. The zero-order valence-corrected chi connectivity index (χ0v) is 8.98. The Kier molecular flexibility index (Phi) is 3.04. The highest BCUT2D eigenvalue weighted by atomic mass is 32.2. The van der Waals surface area contributed by atoms with Crippen molar-refractivity contribution in [2.45, 2.75) is 17.6 Å². The van der Waals surface area contributed by atoms with Crippen LogP contribution in [0.1, 0.15) is 12.5 Å². The molecular formula is C7H9N5O3S. The number of aromatic nitrogens is 4. The number of carboxylic acids is 1. The Morgan fingerprint density at radius 1 is 1.69 bits per heavy atom. The molecule has 0 spiro atoms. The predicted molar refractivity (Wildman–Crippen MR) is 52.8 cm³/mol. The van der Waals surface area contributed by atoms with E-state index in [1.807, 2.05) is 0 Å². The zero-order chi connectivity index (χ0) is 11.5. The highest BCUT2D eigenvalue weighted by Gasteiger charge is 2.26. The SMILES string of the molecule is O=C(O)CSc1nnnn1C1CNC(=O)C1. The lowest BCUT2D eigenvalue weighted by Crippen LogP contribution is -2.17. The number of tetrazole rings is 1. The third-order valence-electron chi connectivity index (χ3n) is 2.09. The number of hydrogen-bond donors (Lipinski definition) is 2. The maximum Gasteiger partial charge on any atom is 0.313 e. The molecule has 1 saturated heterocycles. The van der Waals surface area contributed by atoms with E-state index in [0.29, 0.717) is 18.1 Å². The number of carboxylic acid groups (broad SMARTS) is 1. The summed E-state index contributed by atoms with van der Waals surface area (Å²) in [5.74, 6) is -1.08. The average molecular weight is 243 g/mol. The van der Waals surface area contributed by atoms with Gasteiger partial charge in [0.25, 0.3) is 0 Å². The molecule has 86 valence electrons. The van der Waals surface area contributed by atoms with Crippen LogP contribution in [0.3, 0.4) is 0 Å². The fraction of sp³-hybridized carbons (Fsp3) is 0.571. The van der Waals surface area contributed by atoms with Crippen molar-refractivity contribution in [1.29, 1.82) is 0 Å². The molecule has 1 aromatic rings. The van der Waals surface area contributed by atoms with Gasteiger partial charge in [-0.1, -0.05) is 11.8 Å². The molecule has 2 rings (SSSR count). The van der Waals surface area contributed by atoms with Crippen LogP contribution in [0.25, 0.3) is 0 Å². The minimum absolute atomic E-state index is 0.0466. The van der Waals surface area contributed by atoms with Gasteiger partial charge in [0.2, 0.25) is 11.1 Å². The number of thioether (sulfide) groups is 1. The first-order chi connectivity index (χ1) is 7.66. The highest BCUT2D eigenvalue weighted by molar-refractivity contribution is 7.99. The molecule has 2 N–H and O–H groups in total. The molecule has 2 heterocycles. The van der Waals surface area contributed by atoms with E-state index in [9.17, 15) is 9.59 Å². The van der Waals surface area contributed by atoms with Crippen LogP contribution >= 0.6 is 11.8 Å². The van der Waals surface area contributed by atoms with Crippen molar-refractivity contribution in [3.8, 4) is 0 Å². The van der Waals surface area contributed by atoms with Gasteiger partial charge in [-0.3, -0.25) is 9.59 Å². The largest absolute Gasteiger partial charge is 0.481 e. The second kappa shape index (κ2) is 4.47. The van der Waals surface area contributed by atoms with E-state index >= 15 is 0 Å². The van der Waals surface area contributed by atoms with E-state index in [4.69, 9.17) is 5.11 Å². The number of nitrogens with one attached hydrogen (secondary N) is 1. The molecular weight excluding hydrogens is 234 g/mol. The molecule has 0 aromatic carbocycles. The zero-order valence-electron chi connectivity index (χ0n) is 8.16. The summed E-state index contributed by atoms with van der Waals surface area (Å²) in [6.45, 7) is 0.477. The van der Waals surface area contributed by atoms with Gasteiger partial charge in [0, 0.05) is 6.54 Å². The lowest BCUT2D eigenvalue weighted by molar-refractivity contribution is -0.134. The van der Waals surface area contributed by atoms with Crippen LogP contribution in [0.5, 0.6) is 0 Å². The molecule has 0 saturated carbocycles. The molecule has 16 heavy (non-hydrogen) atoms. The lowest BCUT2D eigenvalue weighted by atomic mass is 10.3. The number of aliphatic carboxylic acids is 1.